The van der Waals surface area contributed by atoms with Gasteiger partial charge in [-0.1, -0.05) is 167 Å². The number of halogens is 1. The lowest BCUT2D eigenvalue weighted by Crippen LogP contribution is -2.16. The summed E-state index contributed by atoms with van der Waals surface area (Å²) in [7, 11) is 0.430. The third-order valence-electron chi connectivity index (χ3n) is 10.6. The Bertz CT molecular complexity index is 2390. The van der Waals surface area contributed by atoms with Gasteiger partial charge < -0.3 is 9.13 Å². The van der Waals surface area contributed by atoms with Crippen LogP contribution in [0.4, 0.5) is 0 Å². The minimum atomic E-state index is 0.0237. The number of hydrogen-bond acceptors (Lipinski definition) is 0. The highest BCUT2D eigenvalue weighted by atomic mass is 35.5. The van der Waals surface area contributed by atoms with E-state index < -0.39 is 0 Å². The molecule has 0 spiro atoms. The van der Waals surface area contributed by atoms with E-state index in [2.05, 4.69) is 195 Å². The van der Waals surface area contributed by atoms with Crippen LogP contribution in [-0.4, -0.2) is 9.13 Å². The lowest BCUT2D eigenvalue weighted by Gasteiger charge is -2.26. The van der Waals surface area contributed by atoms with Gasteiger partial charge in [-0.2, -0.15) is 0 Å². The zero-order valence-corrected chi connectivity index (χ0v) is 34.8. The highest BCUT2D eigenvalue weighted by Crippen LogP contribution is 2.46. The van der Waals surface area contributed by atoms with Gasteiger partial charge in [0.1, 0.15) is 0 Å². The fourth-order valence-corrected chi connectivity index (χ4v) is 8.82. The molecule has 0 bridgehead atoms. The predicted octanol–water partition coefficient (Wildman–Crippen LogP) is 14.8. The van der Waals surface area contributed by atoms with Crippen molar-refractivity contribution in [2.75, 3.05) is 0 Å². The highest BCUT2D eigenvalue weighted by molar-refractivity contribution is 7.33. The molecule has 4 heteroatoms. The van der Waals surface area contributed by atoms with Crippen molar-refractivity contribution in [3.8, 4) is 33.4 Å². The van der Waals surface area contributed by atoms with E-state index in [0.717, 1.165) is 16.2 Å². The summed E-state index contributed by atoms with van der Waals surface area (Å²) in [5, 5.41) is 3.27. The quantitative estimate of drug-likeness (QED) is 0.171. The molecule has 0 amide bonds. The maximum atomic E-state index is 7.28. The Morgan fingerprint density at radius 1 is 0.481 bits per heavy atom. The first kappa shape index (κ1) is 36.4. The Hall–Kier alpha value is -3.97. The van der Waals surface area contributed by atoms with E-state index >= 15 is 0 Å². The molecule has 1 unspecified atom stereocenters. The lowest BCUT2D eigenvalue weighted by molar-refractivity contribution is 0.568. The molecule has 0 N–H and O–H groups in total. The van der Waals surface area contributed by atoms with Crippen LogP contribution < -0.4 is 0 Å². The molecule has 7 aromatic rings. The van der Waals surface area contributed by atoms with E-state index in [4.69, 9.17) is 11.6 Å². The Morgan fingerprint density at radius 2 is 0.846 bits per heavy atom. The summed E-state index contributed by atoms with van der Waals surface area (Å²) in [6.07, 6.45) is 4.69. The first-order valence-electron chi connectivity index (χ1n) is 18.6. The zero-order valence-electron chi connectivity index (χ0n) is 33.1. The normalized spacial score (nSPS) is 13.2. The van der Waals surface area contributed by atoms with E-state index in [9.17, 15) is 0 Å². The molecule has 2 nitrogen and oxygen atoms in total. The molecule has 0 radical (unpaired) electrons. The summed E-state index contributed by atoms with van der Waals surface area (Å²) in [5.41, 5.74) is 15.1. The van der Waals surface area contributed by atoms with Gasteiger partial charge in [0, 0.05) is 34.3 Å². The van der Waals surface area contributed by atoms with Gasteiger partial charge in [0.2, 0.25) is 0 Å². The van der Waals surface area contributed by atoms with Crippen LogP contribution in [0.1, 0.15) is 105 Å². The van der Waals surface area contributed by atoms with E-state index in [1.807, 2.05) is 0 Å². The van der Waals surface area contributed by atoms with E-state index in [-0.39, 0.29) is 21.7 Å². The topological polar surface area (TPSA) is 9.86 Å². The first-order chi connectivity index (χ1) is 24.2. The van der Waals surface area contributed by atoms with Gasteiger partial charge in [-0.25, -0.2) is 0 Å². The number of benzene rings is 4. The summed E-state index contributed by atoms with van der Waals surface area (Å²) in [4.78, 5) is 0. The van der Waals surface area contributed by atoms with Gasteiger partial charge in [-0.3, -0.25) is 0 Å². The van der Waals surface area contributed by atoms with Crippen LogP contribution in [0, 0.1) is 0 Å². The fraction of sp³-hybridized carbons (Fsp3) is 0.333. The van der Waals surface area contributed by atoms with Crippen molar-refractivity contribution in [2.45, 2.75) is 105 Å². The molecule has 3 aromatic heterocycles. The summed E-state index contributed by atoms with van der Waals surface area (Å²) >= 11 is 7.28. The van der Waals surface area contributed by atoms with Crippen LogP contribution in [-0.2, 0) is 21.7 Å². The van der Waals surface area contributed by atoms with E-state index in [1.54, 1.807) is 0 Å². The van der Waals surface area contributed by atoms with Crippen molar-refractivity contribution in [1.82, 2.24) is 9.13 Å². The van der Waals surface area contributed by atoms with Crippen molar-refractivity contribution in [3.05, 3.63) is 130 Å². The maximum absolute atomic E-state index is 7.28. The molecular weight excluding hydrogens is 671 g/mol. The minimum Gasteiger partial charge on any atom is -0.312 e. The van der Waals surface area contributed by atoms with Crippen LogP contribution in [0.25, 0.3) is 55.2 Å². The molecular formula is C48H54ClN2P. The van der Waals surface area contributed by atoms with Crippen LogP contribution in [0.15, 0.2) is 103 Å². The maximum Gasteiger partial charge on any atom is 0.0928 e. The van der Waals surface area contributed by atoms with Gasteiger partial charge >= 0.3 is 0 Å². The van der Waals surface area contributed by atoms with Gasteiger partial charge in [0.05, 0.1) is 27.2 Å². The lowest BCUT2D eigenvalue weighted by atomic mass is 9.79. The molecule has 4 aromatic carbocycles. The standard InChI is InChI=1S/C48H54ClN2P/c1-45(2,3)32-21-30(22-33(25-32)46(4,5)6)38-27-50(41-19-15-13-17-36(38)41)43-40(49)29-52-44(43)51-28-39(37-18-14-16-20-42(37)51)31-23-34(47(7,8)9)26-35(24-31)48(10,11)12/h13-29,52H,1-12H3. The van der Waals surface area contributed by atoms with Crippen LogP contribution >= 0.6 is 19.8 Å². The first-order valence-corrected chi connectivity index (χ1v) is 20.1. The fourth-order valence-electron chi connectivity index (χ4n) is 7.28. The molecule has 0 aliphatic rings. The Morgan fingerprint density at radius 3 is 1.25 bits per heavy atom. The second-order valence-corrected chi connectivity index (χ2v) is 20.2. The monoisotopic (exact) mass is 724 g/mol. The second kappa shape index (κ2) is 12.6. The van der Waals surface area contributed by atoms with Crippen molar-refractivity contribution in [2.24, 2.45) is 0 Å². The molecule has 0 saturated carbocycles. The summed E-state index contributed by atoms with van der Waals surface area (Å²) in [5.74, 6) is 2.20. The van der Waals surface area contributed by atoms with Crippen molar-refractivity contribution >= 4 is 41.6 Å². The number of hydrogen-bond donors (Lipinski definition) is 0. The van der Waals surface area contributed by atoms with Crippen LogP contribution in [0.5, 0.6) is 0 Å². The molecule has 0 saturated heterocycles. The molecule has 0 aliphatic heterocycles. The Labute approximate surface area is 317 Å². The molecule has 0 fully saturated rings. The third kappa shape index (κ3) is 6.59. The van der Waals surface area contributed by atoms with Gasteiger partial charge in [-0.05, 0) is 73.0 Å². The summed E-state index contributed by atoms with van der Waals surface area (Å²) < 4.78 is 4.77. The summed E-state index contributed by atoms with van der Waals surface area (Å²) in [6, 6.07) is 32.0. The minimum absolute atomic E-state index is 0.0237. The molecule has 52 heavy (non-hydrogen) atoms. The average Bonchev–Trinajstić information content (AvgIpc) is 3.75. The van der Waals surface area contributed by atoms with Crippen molar-refractivity contribution in [1.29, 1.82) is 0 Å². The number of rotatable bonds is 4. The van der Waals surface area contributed by atoms with Gasteiger partial charge in [-0.15, -0.1) is 8.19 Å². The Kier molecular flexibility index (Phi) is 8.80. The van der Waals surface area contributed by atoms with Gasteiger partial charge in [0.25, 0.3) is 0 Å². The molecule has 1 atom stereocenters. The largest absolute Gasteiger partial charge is 0.312 e. The molecule has 0 aliphatic carbocycles. The molecule has 7 rings (SSSR count). The highest BCUT2D eigenvalue weighted by Gasteiger charge is 2.26. The molecule has 3 heterocycles. The zero-order chi connectivity index (χ0) is 37.5. The van der Waals surface area contributed by atoms with Crippen LogP contribution in [0.3, 0.4) is 0 Å². The summed E-state index contributed by atoms with van der Waals surface area (Å²) in [6.45, 7) is 27.7. The van der Waals surface area contributed by atoms with Crippen molar-refractivity contribution < 1.29 is 0 Å². The molecule has 268 valence electrons. The SMILES string of the molecule is CC(C)(C)c1cc(-c2cn(-c3[pH]cc(Cl)c3-n3cc(-c4cc(C(C)(C)C)cc(C(C)(C)C)c4)c4ccccc43)c3ccccc23)cc(C(C)(C)C)c1. The average molecular weight is 725 g/mol. The van der Waals surface area contributed by atoms with E-state index in [1.165, 1.54) is 66.2 Å². The van der Waals surface area contributed by atoms with Crippen molar-refractivity contribution in [3.63, 3.8) is 0 Å². The second-order valence-electron chi connectivity index (χ2n) is 18.8. The van der Waals surface area contributed by atoms with Crippen LogP contribution in [0.2, 0.25) is 5.02 Å². The number of aromatic nitrogens is 2. The third-order valence-corrected chi connectivity index (χ3v) is 12.3. The smallest absolute Gasteiger partial charge is 0.0928 e. The number of para-hydroxylation sites is 2. The number of nitrogens with zero attached hydrogens (tertiary/aromatic N) is 2. The number of fused-ring (bicyclic) bond motifs is 2. The van der Waals surface area contributed by atoms with E-state index in [0.29, 0.717) is 8.19 Å². The van der Waals surface area contributed by atoms with Gasteiger partial charge in [0.15, 0.2) is 0 Å². The Balaban J connectivity index is 1.47. The predicted molar refractivity (Wildman–Crippen MR) is 230 cm³/mol.